The summed E-state index contributed by atoms with van der Waals surface area (Å²) in [6.45, 7) is 14.3. The lowest BCUT2D eigenvalue weighted by molar-refractivity contribution is 0.127. The van der Waals surface area contributed by atoms with Gasteiger partial charge in [-0.3, -0.25) is 0 Å². The van der Waals surface area contributed by atoms with Crippen molar-refractivity contribution < 1.29 is 4.74 Å². The summed E-state index contributed by atoms with van der Waals surface area (Å²) in [5.41, 5.74) is 0. The van der Waals surface area contributed by atoms with Crippen LogP contribution in [0.1, 0.15) is 47.5 Å². The molecule has 0 spiro atoms. The summed E-state index contributed by atoms with van der Waals surface area (Å²) in [6, 6.07) is 0. The summed E-state index contributed by atoms with van der Waals surface area (Å²) < 4.78 is 5.46. The van der Waals surface area contributed by atoms with E-state index in [1.54, 1.807) is 0 Å². The molecule has 0 amide bonds. The highest BCUT2D eigenvalue weighted by molar-refractivity contribution is 4.94. The predicted octanol–water partition coefficient (Wildman–Crippen LogP) is 3.42. The standard InChI is InChI=1S/C13H25NO.C2H6/c1-5-6-7-10-15-11-8-9-14(4)12-13(2)3;1-2/h13H,7-12H2,1-4H3;1-2H3. The second-order valence-corrected chi connectivity index (χ2v) is 4.30. The van der Waals surface area contributed by atoms with E-state index in [1.165, 1.54) is 6.54 Å². The third-order valence-electron chi connectivity index (χ3n) is 2.05. The van der Waals surface area contributed by atoms with Crippen molar-refractivity contribution in [1.29, 1.82) is 0 Å². The zero-order valence-electron chi connectivity index (χ0n) is 12.7. The van der Waals surface area contributed by atoms with Gasteiger partial charge in [-0.15, -0.1) is 11.8 Å². The summed E-state index contributed by atoms with van der Waals surface area (Å²) in [6.07, 6.45) is 1.97. The van der Waals surface area contributed by atoms with Gasteiger partial charge in [0.2, 0.25) is 0 Å². The lowest BCUT2D eigenvalue weighted by Gasteiger charge is -2.18. The van der Waals surface area contributed by atoms with E-state index in [0.29, 0.717) is 0 Å². The molecule has 0 rings (SSSR count). The molecular formula is C15H31NO. The van der Waals surface area contributed by atoms with E-state index in [4.69, 9.17) is 4.74 Å². The summed E-state index contributed by atoms with van der Waals surface area (Å²) in [5.74, 6) is 6.59. The van der Waals surface area contributed by atoms with Crippen LogP contribution in [0.15, 0.2) is 0 Å². The maximum absolute atomic E-state index is 5.46. The maximum Gasteiger partial charge on any atom is 0.0575 e. The van der Waals surface area contributed by atoms with E-state index >= 15 is 0 Å². The number of nitrogens with zero attached hydrogens (tertiary/aromatic N) is 1. The molecule has 0 heterocycles. The average Bonchev–Trinajstić information content (AvgIpc) is 2.29. The molecule has 0 saturated heterocycles. The van der Waals surface area contributed by atoms with Crippen molar-refractivity contribution >= 4 is 0 Å². The summed E-state index contributed by atoms with van der Waals surface area (Å²) in [4.78, 5) is 2.36. The first-order valence-corrected chi connectivity index (χ1v) is 6.82. The molecule has 2 heteroatoms. The molecule has 0 N–H and O–H groups in total. The first kappa shape index (κ1) is 18.8. The highest BCUT2D eigenvalue weighted by Gasteiger charge is 2.00. The second-order valence-electron chi connectivity index (χ2n) is 4.30. The Balaban J connectivity index is 0. The minimum Gasteiger partial charge on any atom is -0.380 e. The van der Waals surface area contributed by atoms with Gasteiger partial charge in [0.15, 0.2) is 0 Å². The molecule has 17 heavy (non-hydrogen) atoms. The fourth-order valence-electron chi connectivity index (χ4n) is 1.50. The van der Waals surface area contributed by atoms with E-state index in [0.717, 1.165) is 38.5 Å². The minimum atomic E-state index is 0.746. The number of hydrogen-bond donors (Lipinski definition) is 0. The Kier molecular flexibility index (Phi) is 17.2. The molecular weight excluding hydrogens is 210 g/mol. The molecule has 0 aromatic heterocycles. The first-order valence-electron chi connectivity index (χ1n) is 6.82. The Hall–Kier alpha value is -0.520. The summed E-state index contributed by atoms with van der Waals surface area (Å²) >= 11 is 0. The van der Waals surface area contributed by atoms with Gasteiger partial charge < -0.3 is 9.64 Å². The van der Waals surface area contributed by atoms with Crippen molar-refractivity contribution in [3.8, 4) is 11.8 Å². The van der Waals surface area contributed by atoms with Crippen molar-refractivity contribution in [3.63, 3.8) is 0 Å². The quantitative estimate of drug-likeness (QED) is 0.477. The van der Waals surface area contributed by atoms with Gasteiger partial charge in [0, 0.05) is 26.1 Å². The lowest BCUT2D eigenvalue weighted by Crippen LogP contribution is -2.25. The van der Waals surface area contributed by atoms with E-state index in [1.807, 2.05) is 20.8 Å². The zero-order chi connectivity index (χ0) is 13.5. The molecule has 0 atom stereocenters. The van der Waals surface area contributed by atoms with Gasteiger partial charge in [0.1, 0.15) is 0 Å². The molecule has 0 aromatic carbocycles. The zero-order valence-corrected chi connectivity index (χ0v) is 12.7. The highest BCUT2D eigenvalue weighted by Crippen LogP contribution is 1.97. The van der Waals surface area contributed by atoms with E-state index < -0.39 is 0 Å². The fourth-order valence-corrected chi connectivity index (χ4v) is 1.50. The molecule has 0 bridgehead atoms. The third kappa shape index (κ3) is 18.1. The molecule has 0 aliphatic rings. The largest absolute Gasteiger partial charge is 0.380 e. The monoisotopic (exact) mass is 241 g/mol. The van der Waals surface area contributed by atoms with Crippen LogP contribution in [0.2, 0.25) is 0 Å². The van der Waals surface area contributed by atoms with Crippen LogP contribution in [0, 0.1) is 17.8 Å². The highest BCUT2D eigenvalue weighted by atomic mass is 16.5. The fraction of sp³-hybridized carbons (Fsp3) is 0.867. The van der Waals surface area contributed by atoms with Gasteiger partial charge in [-0.05, 0) is 26.3 Å². The lowest BCUT2D eigenvalue weighted by atomic mass is 10.2. The maximum atomic E-state index is 5.46. The Morgan fingerprint density at radius 2 is 1.82 bits per heavy atom. The van der Waals surface area contributed by atoms with Crippen LogP contribution >= 0.6 is 0 Å². The molecule has 0 aliphatic heterocycles. The Labute approximate surface area is 109 Å². The van der Waals surface area contributed by atoms with E-state index in [-0.39, 0.29) is 0 Å². The van der Waals surface area contributed by atoms with E-state index in [2.05, 4.69) is 37.6 Å². The van der Waals surface area contributed by atoms with Crippen LogP contribution in [0.4, 0.5) is 0 Å². The SMILES string of the molecule is CC.CC#CCCOCCCN(C)CC(C)C. The van der Waals surface area contributed by atoms with Gasteiger partial charge >= 0.3 is 0 Å². The van der Waals surface area contributed by atoms with Gasteiger partial charge in [-0.2, -0.15) is 0 Å². The molecule has 102 valence electrons. The van der Waals surface area contributed by atoms with Crippen LogP contribution in [-0.4, -0.2) is 38.3 Å². The van der Waals surface area contributed by atoms with Gasteiger partial charge in [-0.1, -0.05) is 27.7 Å². The van der Waals surface area contributed by atoms with Crippen molar-refractivity contribution in [2.75, 3.05) is 33.4 Å². The first-order chi connectivity index (χ1) is 8.16. The normalized spacial score (nSPS) is 9.65. The average molecular weight is 241 g/mol. The molecule has 0 saturated carbocycles. The van der Waals surface area contributed by atoms with Gasteiger partial charge in [0.25, 0.3) is 0 Å². The van der Waals surface area contributed by atoms with Crippen molar-refractivity contribution in [1.82, 2.24) is 4.90 Å². The second kappa shape index (κ2) is 15.5. The van der Waals surface area contributed by atoms with Gasteiger partial charge in [0.05, 0.1) is 6.61 Å². The topological polar surface area (TPSA) is 12.5 Å². The van der Waals surface area contributed by atoms with Crippen molar-refractivity contribution in [2.24, 2.45) is 5.92 Å². The number of ether oxygens (including phenoxy) is 1. The minimum absolute atomic E-state index is 0.746. The molecule has 0 aromatic rings. The van der Waals surface area contributed by atoms with Gasteiger partial charge in [-0.25, -0.2) is 0 Å². The van der Waals surface area contributed by atoms with Crippen molar-refractivity contribution in [2.45, 2.75) is 47.5 Å². The molecule has 0 aliphatic carbocycles. The Morgan fingerprint density at radius 1 is 1.18 bits per heavy atom. The molecule has 0 unspecified atom stereocenters. The molecule has 0 radical (unpaired) electrons. The van der Waals surface area contributed by atoms with Crippen LogP contribution in [0.25, 0.3) is 0 Å². The number of rotatable bonds is 8. The summed E-state index contributed by atoms with van der Waals surface area (Å²) in [7, 11) is 2.17. The van der Waals surface area contributed by atoms with Crippen molar-refractivity contribution in [3.05, 3.63) is 0 Å². The Bertz CT molecular complexity index is 191. The Morgan fingerprint density at radius 3 is 2.35 bits per heavy atom. The smallest absolute Gasteiger partial charge is 0.0575 e. The molecule has 0 fully saturated rings. The number of hydrogen-bond acceptors (Lipinski definition) is 2. The predicted molar refractivity (Wildman–Crippen MR) is 77.2 cm³/mol. The van der Waals surface area contributed by atoms with E-state index in [9.17, 15) is 0 Å². The third-order valence-corrected chi connectivity index (χ3v) is 2.05. The van der Waals surface area contributed by atoms with Crippen LogP contribution < -0.4 is 0 Å². The molecule has 2 nitrogen and oxygen atoms in total. The summed E-state index contributed by atoms with van der Waals surface area (Å²) in [5, 5.41) is 0. The van der Waals surface area contributed by atoms with Crippen LogP contribution in [0.3, 0.4) is 0 Å². The van der Waals surface area contributed by atoms with Crippen LogP contribution in [-0.2, 0) is 4.74 Å². The van der Waals surface area contributed by atoms with Crippen LogP contribution in [0.5, 0.6) is 0 Å².